The summed E-state index contributed by atoms with van der Waals surface area (Å²) in [7, 11) is 1.47. The lowest BCUT2D eigenvalue weighted by Gasteiger charge is -2.27. The van der Waals surface area contributed by atoms with E-state index >= 15 is 0 Å². The van der Waals surface area contributed by atoms with Gasteiger partial charge in [0.15, 0.2) is 0 Å². The van der Waals surface area contributed by atoms with Gasteiger partial charge in [0.25, 0.3) is 0 Å². The van der Waals surface area contributed by atoms with Crippen molar-refractivity contribution in [1.29, 1.82) is 0 Å². The van der Waals surface area contributed by atoms with Gasteiger partial charge in [-0.2, -0.15) is 0 Å². The molecule has 0 bridgehead atoms. The summed E-state index contributed by atoms with van der Waals surface area (Å²) in [5, 5.41) is 16.3. The molecule has 1 fully saturated rings. The number of aromatic nitrogens is 2. The van der Waals surface area contributed by atoms with Crippen molar-refractivity contribution in [2.45, 2.75) is 68.9 Å². The third-order valence-corrected chi connectivity index (χ3v) is 8.12. The number of alkyl halides is 1. The van der Waals surface area contributed by atoms with Crippen LogP contribution in [0.15, 0.2) is 30.5 Å². The molecule has 0 unspecified atom stereocenters. The first-order valence-electron chi connectivity index (χ1n) is 14.0. The number of aryl methyl sites for hydroxylation is 2. The second-order valence-corrected chi connectivity index (χ2v) is 11.1. The molecule has 218 valence electrons. The number of unbranched alkanes of at least 4 members (excludes halogenated alkanes) is 1. The molecule has 0 radical (unpaired) electrons. The number of carbonyl (C=O) groups excluding carboxylic acids is 1. The number of carboxylic acids is 1. The summed E-state index contributed by atoms with van der Waals surface area (Å²) >= 11 is 6.29. The van der Waals surface area contributed by atoms with Gasteiger partial charge in [-0.1, -0.05) is 17.7 Å². The highest BCUT2D eigenvalue weighted by atomic mass is 35.5. The molecule has 1 saturated carbocycles. The number of ether oxygens (including phenoxy) is 1. The van der Waals surface area contributed by atoms with Crippen molar-refractivity contribution < 1.29 is 23.8 Å². The Bertz CT molecular complexity index is 1160. The number of pyridine rings is 2. The van der Waals surface area contributed by atoms with Crippen LogP contribution in [0.1, 0.15) is 55.5 Å². The molecule has 3 N–H and O–H groups in total. The highest BCUT2D eigenvalue weighted by Gasteiger charge is 2.54. The largest absolute Gasteiger partial charge is 0.480 e. The SMILES string of the molecule is CO[C@H](CF)CN(CCCCc1ccc2c(n1)NCCC2)CC[C@H](NC(=O)C1(c2ncccc2Cl)CC1)C(=O)O. The van der Waals surface area contributed by atoms with Crippen LogP contribution in [0.25, 0.3) is 0 Å². The third-order valence-electron chi connectivity index (χ3n) is 7.81. The first-order valence-corrected chi connectivity index (χ1v) is 14.4. The number of methoxy groups -OCH3 is 1. The van der Waals surface area contributed by atoms with E-state index < -0.39 is 30.2 Å². The van der Waals surface area contributed by atoms with E-state index in [1.165, 1.54) is 12.7 Å². The minimum Gasteiger partial charge on any atom is -0.480 e. The van der Waals surface area contributed by atoms with E-state index in [1.807, 2.05) is 4.90 Å². The first-order chi connectivity index (χ1) is 19.4. The average Bonchev–Trinajstić information content (AvgIpc) is 3.77. The fraction of sp³-hybridized carbons (Fsp3) is 0.586. The Morgan fingerprint density at radius 2 is 2.10 bits per heavy atom. The number of nitrogens with one attached hydrogen (secondary N) is 2. The molecular weight excluding hydrogens is 537 g/mol. The molecule has 3 heterocycles. The van der Waals surface area contributed by atoms with E-state index in [9.17, 15) is 19.1 Å². The van der Waals surface area contributed by atoms with Crippen molar-refractivity contribution in [3.63, 3.8) is 0 Å². The van der Waals surface area contributed by atoms with Gasteiger partial charge in [-0.25, -0.2) is 14.2 Å². The molecule has 0 saturated heterocycles. The fourth-order valence-corrected chi connectivity index (χ4v) is 5.52. The van der Waals surface area contributed by atoms with Crippen molar-refractivity contribution in [2.75, 3.05) is 45.3 Å². The minimum absolute atomic E-state index is 0.174. The smallest absolute Gasteiger partial charge is 0.326 e. The summed E-state index contributed by atoms with van der Waals surface area (Å²) in [5.74, 6) is -0.508. The van der Waals surface area contributed by atoms with Gasteiger partial charge in [0.2, 0.25) is 5.91 Å². The number of fused-ring (bicyclic) bond motifs is 1. The number of anilines is 1. The summed E-state index contributed by atoms with van der Waals surface area (Å²) in [6.45, 7) is 1.67. The number of hydrogen-bond donors (Lipinski definition) is 3. The number of aliphatic carboxylic acids is 1. The minimum atomic E-state index is -1.11. The van der Waals surface area contributed by atoms with Crippen LogP contribution in [-0.2, 0) is 32.6 Å². The van der Waals surface area contributed by atoms with E-state index in [4.69, 9.17) is 21.3 Å². The van der Waals surface area contributed by atoms with Crippen LogP contribution in [0.5, 0.6) is 0 Å². The van der Waals surface area contributed by atoms with Gasteiger partial charge in [-0.05, 0) is 81.7 Å². The van der Waals surface area contributed by atoms with Gasteiger partial charge < -0.3 is 25.4 Å². The summed E-state index contributed by atoms with van der Waals surface area (Å²) in [6.07, 6.45) is 7.00. The van der Waals surface area contributed by atoms with Gasteiger partial charge >= 0.3 is 5.97 Å². The molecule has 2 aromatic rings. The number of carboxylic acid groups (broad SMARTS) is 1. The van der Waals surface area contributed by atoms with Crippen LogP contribution >= 0.6 is 11.6 Å². The molecule has 1 aliphatic carbocycles. The lowest BCUT2D eigenvalue weighted by atomic mass is 9.99. The average molecular weight is 576 g/mol. The standard InChI is InChI=1S/C29H39ClFN5O4/c1-40-22(18-31)19-36(16-3-2-7-21-10-9-20-6-4-15-33-26(20)34-21)17-11-24(27(37)38)35-28(39)29(12-13-29)25-23(30)8-5-14-32-25/h5,8-10,14,22,24H,2-4,6-7,11-13,15-19H2,1H3,(H,33,34)(H,35,39)(H,37,38)/t22-,24+/m1/s1. The van der Waals surface area contributed by atoms with Crippen LogP contribution in [0, 0.1) is 0 Å². The number of carbonyl (C=O) groups is 2. The summed E-state index contributed by atoms with van der Waals surface area (Å²) in [4.78, 5) is 36.3. The highest BCUT2D eigenvalue weighted by molar-refractivity contribution is 6.31. The summed E-state index contributed by atoms with van der Waals surface area (Å²) in [6, 6.07) is 6.51. The first kappa shape index (κ1) is 30.1. The molecule has 11 heteroatoms. The van der Waals surface area contributed by atoms with E-state index in [1.54, 1.807) is 18.3 Å². The van der Waals surface area contributed by atoms with Gasteiger partial charge in [0.1, 0.15) is 18.5 Å². The Morgan fingerprint density at radius 3 is 2.80 bits per heavy atom. The van der Waals surface area contributed by atoms with Gasteiger partial charge in [0.05, 0.1) is 22.2 Å². The Morgan fingerprint density at radius 1 is 1.27 bits per heavy atom. The zero-order valence-electron chi connectivity index (χ0n) is 23.0. The lowest BCUT2D eigenvalue weighted by molar-refractivity contribution is -0.142. The molecule has 4 rings (SSSR count). The highest BCUT2D eigenvalue weighted by Crippen LogP contribution is 2.49. The number of halogens is 2. The third kappa shape index (κ3) is 7.67. The maximum absolute atomic E-state index is 13.5. The lowest BCUT2D eigenvalue weighted by Crippen LogP contribution is -2.48. The topological polar surface area (TPSA) is 117 Å². The van der Waals surface area contributed by atoms with Gasteiger partial charge in [-0.3, -0.25) is 9.78 Å². The second-order valence-electron chi connectivity index (χ2n) is 10.7. The van der Waals surface area contributed by atoms with Crippen molar-refractivity contribution in [3.8, 4) is 0 Å². The molecule has 1 amide bonds. The van der Waals surface area contributed by atoms with E-state index in [0.717, 1.165) is 50.2 Å². The molecule has 9 nitrogen and oxygen atoms in total. The fourth-order valence-electron chi connectivity index (χ4n) is 5.22. The zero-order valence-corrected chi connectivity index (χ0v) is 23.8. The second kappa shape index (κ2) is 14.2. The maximum Gasteiger partial charge on any atom is 0.326 e. The van der Waals surface area contributed by atoms with Gasteiger partial charge in [-0.15, -0.1) is 0 Å². The molecular formula is C29H39ClFN5O4. The van der Waals surface area contributed by atoms with E-state index in [2.05, 4.69) is 27.8 Å². The number of nitrogens with zero attached hydrogens (tertiary/aromatic N) is 3. The van der Waals surface area contributed by atoms with Crippen LogP contribution in [0.4, 0.5) is 10.2 Å². The Hall–Kier alpha value is -2.82. The Kier molecular flexibility index (Phi) is 10.7. The molecule has 2 aliphatic rings. The van der Waals surface area contributed by atoms with Crippen LogP contribution in [0.3, 0.4) is 0 Å². The van der Waals surface area contributed by atoms with Crippen LogP contribution < -0.4 is 10.6 Å². The Labute approximate surface area is 239 Å². The molecule has 2 aromatic heterocycles. The van der Waals surface area contributed by atoms with Crippen molar-refractivity contribution in [3.05, 3.63) is 52.4 Å². The monoisotopic (exact) mass is 575 g/mol. The van der Waals surface area contributed by atoms with Crippen LogP contribution in [0.2, 0.25) is 5.02 Å². The molecule has 2 atom stereocenters. The molecule has 0 aromatic carbocycles. The number of amides is 1. The van der Waals surface area contributed by atoms with Crippen LogP contribution in [-0.4, -0.2) is 84.0 Å². The summed E-state index contributed by atoms with van der Waals surface area (Å²) in [5.41, 5.74) is 1.89. The van der Waals surface area contributed by atoms with Crippen molar-refractivity contribution in [2.24, 2.45) is 0 Å². The predicted octanol–water partition coefficient (Wildman–Crippen LogP) is 3.79. The van der Waals surface area contributed by atoms with E-state index in [-0.39, 0.29) is 12.3 Å². The quantitative estimate of drug-likeness (QED) is 0.259. The normalized spacial score (nSPS) is 17.0. The van der Waals surface area contributed by atoms with Crippen molar-refractivity contribution >= 4 is 29.3 Å². The summed E-state index contributed by atoms with van der Waals surface area (Å²) < 4.78 is 18.7. The number of hydrogen-bond acceptors (Lipinski definition) is 7. The predicted molar refractivity (Wildman–Crippen MR) is 152 cm³/mol. The van der Waals surface area contributed by atoms with E-state index in [0.29, 0.717) is 43.2 Å². The zero-order chi connectivity index (χ0) is 28.5. The van der Waals surface area contributed by atoms with Gasteiger partial charge in [0, 0.05) is 38.6 Å². The molecule has 40 heavy (non-hydrogen) atoms. The molecule has 0 spiro atoms. The maximum atomic E-state index is 13.5. The number of rotatable bonds is 16. The molecule has 1 aliphatic heterocycles. The van der Waals surface area contributed by atoms with Crippen molar-refractivity contribution in [1.82, 2.24) is 20.2 Å². The Balaban J connectivity index is 1.32.